The molecule has 0 bridgehead atoms. The molecule has 1 aliphatic heterocycles. The van der Waals surface area contributed by atoms with Crippen LogP contribution in [-0.4, -0.2) is 28.7 Å². The van der Waals surface area contributed by atoms with Crippen molar-refractivity contribution in [2.75, 3.05) is 12.4 Å². The number of aromatic nitrogens is 2. The first-order valence-electron chi connectivity index (χ1n) is 7.73. The highest BCUT2D eigenvalue weighted by Crippen LogP contribution is 2.35. The van der Waals surface area contributed by atoms with Crippen LogP contribution in [0.25, 0.3) is 0 Å². The molecule has 2 aromatic rings. The van der Waals surface area contributed by atoms with Gasteiger partial charge in [0.25, 0.3) is 0 Å². The maximum absolute atomic E-state index is 12.6. The van der Waals surface area contributed by atoms with Gasteiger partial charge in [0.1, 0.15) is 5.75 Å². The molecule has 0 radical (unpaired) electrons. The lowest BCUT2D eigenvalue weighted by atomic mass is 9.89. The number of carbonyl (C=O) groups is 2. The molecule has 1 aromatic carbocycles. The average Bonchev–Trinajstić information content (AvgIpc) is 2.89. The van der Waals surface area contributed by atoms with E-state index in [9.17, 15) is 9.59 Å². The van der Waals surface area contributed by atoms with E-state index >= 15 is 0 Å². The molecule has 1 aromatic heterocycles. The average molecular weight is 328 g/mol. The Balaban J connectivity index is 1.79. The van der Waals surface area contributed by atoms with Crippen molar-refractivity contribution in [3.05, 3.63) is 41.2 Å². The number of rotatable bonds is 4. The Morgan fingerprint density at radius 1 is 1.46 bits per heavy atom. The molecule has 24 heavy (non-hydrogen) atoms. The van der Waals surface area contributed by atoms with Crippen molar-refractivity contribution >= 4 is 17.5 Å². The predicted molar refractivity (Wildman–Crippen MR) is 88.8 cm³/mol. The fourth-order valence-corrected chi connectivity index (χ4v) is 2.93. The lowest BCUT2D eigenvalue weighted by molar-refractivity contribution is -0.126. The van der Waals surface area contributed by atoms with E-state index in [1.165, 1.54) is 0 Å². The first kappa shape index (κ1) is 16.0. The van der Waals surface area contributed by atoms with Gasteiger partial charge in [-0.25, -0.2) is 0 Å². The number of carbonyl (C=O) groups excluding carboxylic acids is 2. The van der Waals surface area contributed by atoms with Gasteiger partial charge >= 0.3 is 0 Å². The number of amides is 2. The Kier molecular flexibility index (Phi) is 4.24. The van der Waals surface area contributed by atoms with E-state index in [2.05, 4.69) is 15.7 Å². The van der Waals surface area contributed by atoms with E-state index in [1.807, 2.05) is 20.0 Å². The Labute approximate surface area is 140 Å². The van der Waals surface area contributed by atoms with Crippen LogP contribution in [0.15, 0.2) is 24.3 Å². The molecule has 0 fully saturated rings. The fraction of sp³-hybridized carbons (Fsp3) is 0.353. The number of ether oxygens (including phenoxy) is 1. The van der Waals surface area contributed by atoms with E-state index in [1.54, 1.807) is 30.0 Å². The van der Waals surface area contributed by atoms with Crippen LogP contribution in [0.1, 0.15) is 29.3 Å². The maximum atomic E-state index is 12.6. The molecule has 1 aliphatic rings. The number of nitrogens with zero attached hydrogens (tertiary/aromatic N) is 2. The van der Waals surface area contributed by atoms with E-state index in [-0.39, 0.29) is 18.2 Å². The van der Waals surface area contributed by atoms with Gasteiger partial charge < -0.3 is 15.4 Å². The SMILES string of the molecule is COc1ccc2c(c1)[C@@H](C(=O)NCc1cc(C)nn1C)CC(=O)N2. The summed E-state index contributed by atoms with van der Waals surface area (Å²) in [6, 6.07) is 7.24. The van der Waals surface area contributed by atoms with Gasteiger partial charge in [0.2, 0.25) is 11.8 Å². The van der Waals surface area contributed by atoms with Crippen LogP contribution in [0.2, 0.25) is 0 Å². The number of fused-ring (bicyclic) bond motifs is 1. The van der Waals surface area contributed by atoms with Crippen LogP contribution in [-0.2, 0) is 23.2 Å². The third-order valence-corrected chi connectivity index (χ3v) is 4.16. The highest BCUT2D eigenvalue weighted by atomic mass is 16.5. The molecule has 0 saturated carbocycles. The number of aryl methyl sites for hydroxylation is 2. The fourth-order valence-electron chi connectivity index (χ4n) is 2.93. The Bertz CT molecular complexity index is 797. The van der Waals surface area contributed by atoms with Crippen LogP contribution >= 0.6 is 0 Å². The Morgan fingerprint density at radius 2 is 2.25 bits per heavy atom. The summed E-state index contributed by atoms with van der Waals surface area (Å²) < 4.78 is 6.96. The summed E-state index contributed by atoms with van der Waals surface area (Å²) in [6.45, 7) is 2.27. The van der Waals surface area contributed by atoms with Gasteiger partial charge in [-0.2, -0.15) is 5.10 Å². The zero-order valence-corrected chi connectivity index (χ0v) is 13.9. The molecule has 0 aliphatic carbocycles. The topological polar surface area (TPSA) is 85.2 Å². The summed E-state index contributed by atoms with van der Waals surface area (Å²) in [5, 5.41) is 9.95. The summed E-state index contributed by atoms with van der Waals surface area (Å²) in [7, 11) is 3.41. The molecule has 1 atom stereocenters. The largest absolute Gasteiger partial charge is 0.497 e. The molecule has 3 rings (SSSR count). The van der Waals surface area contributed by atoms with Crippen molar-refractivity contribution in [3.8, 4) is 5.75 Å². The van der Waals surface area contributed by atoms with Crippen LogP contribution in [0, 0.1) is 6.92 Å². The first-order chi connectivity index (χ1) is 11.5. The molecule has 7 heteroatoms. The maximum Gasteiger partial charge on any atom is 0.228 e. The van der Waals surface area contributed by atoms with Crippen molar-refractivity contribution in [1.82, 2.24) is 15.1 Å². The molecule has 126 valence electrons. The monoisotopic (exact) mass is 328 g/mol. The van der Waals surface area contributed by atoms with Crippen molar-refractivity contribution in [2.24, 2.45) is 7.05 Å². The van der Waals surface area contributed by atoms with Gasteiger partial charge in [0, 0.05) is 19.2 Å². The minimum absolute atomic E-state index is 0.121. The molecule has 0 spiro atoms. The van der Waals surface area contributed by atoms with E-state index in [0.29, 0.717) is 18.0 Å². The molecule has 2 amide bonds. The van der Waals surface area contributed by atoms with E-state index in [4.69, 9.17) is 4.74 Å². The third-order valence-electron chi connectivity index (χ3n) is 4.16. The lowest BCUT2D eigenvalue weighted by Crippen LogP contribution is -2.35. The van der Waals surface area contributed by atoms with Crippen LogP contribution in [0.4, 0.5) is 5.69 Å². The summed E-state index contributed by atoms with van der Waals surface area (Å²) in [5.74, 6) is -0.217. The zero-order valence-electron chi connectivity index (χ0n) is 13.9. The van der Waals surface area contributed by atoms with Gasteiger partial charge in [-0.05, 0) is 36.8 Å². The third kappa shape index (κ3) is 3.10. The normalized spacial score (nSPS) is 16.3. The smallest absolute Gasteiger partial charge is 0.228 e. The van der Waals surface area contributed by atoms with Crippen molar-refractivity contribution in [1.29, 1.82) is 0 Å². The number of anilines is 1. The first-order valence-corrected chi connectivity index (χ1v) is 7.73. The summed E-state index contributed by atoms with van der Waals surface area (Å²) in [4.78, 5) is 24.5. The highest BCUT2D eigenvalue weighted by molar-refractivity contribution is 6.01. The number of hydrogen-bond acceptors (Lipinski definition) is 4. The van der Waals surface area contributed by atoms with Gasteiger partial charge in [0.05, 0.1) is 31.0 Å². The van der Waals surface area contributed by atoms with Gasteiger partial charge in [-0.15, -0.1) is 0 Å². The zero-order chi connectivity index (χ0) is 17.3. The van der Waals surface area contributed by atoms with Crippen LogP contribution < -0.4 is 15.4 Å². The quantitative estimate of drug-likeness (QED) is 0.890. The van der Waals surface area contributed by atoms with Gasteiger partial charge in [-0.3, -0.25) is 14.3 Å². The summed E-state index contributed by atoms with van der Waals surface area (Å²) in [5.41, 5.74) is 3.23. The molecule has 0 saturated heterocycles. The Hall–Kier alpha value is -2.83. The molecule has 2 heterocycles. The standard InChI is InChI=1S/C17H20N4O3/c1-10-6-11(21(2)20-10)9-18-17(23)14-8-16(22)19-15-5-4-12(24-3)7-13(14)15/h4-7,14H,8-9H2,1-3H3,(H,18,23)(H,19,22)/t14-/m0/s1. The minimum Gasteiger partial charge on any atom is -0.497 e. The van der Waals surface area contributed by atoms with Gasteiger partial charge in [-0.1, -0.05) is 0 Å². The lowest BCUT2D eigenvalue weighted by Gasteiger charge is -2.25. The second-order valence-electron chi connectivity index (χ2n) is 5.88. The number of nitrogens with one attached hydrogen (secondary N) is 2. The van der Waals surface area contributed by atoms with E-state index in [0.717, 1.165) is 17.0 Å². The number of benzene rings is 1. The predicted octanol–water partition coefficient (Wildman–Crippen LogP) is 1.48. The second kappa shape index (κ2) is 6.35. The minimum atomic E-state index is -0.529. The van der Waals surface area contributed by atoms with E-state index < -0.39 is 5.92 Å². The van der Waals surface area contributed by atoms with Crippen molar-refractivity contribution < 1.29 is 14.3 Å². The molecule has 2 N–H and O–H groups in total. The molecule has 0 unspecified atom stereocenters. The number of hydrogen-bond donors (Lipinski definition) is 2. The van der Waals surface area contributed by atoms with Crippen molar-refractivity contribution in [3.63, 3.8) is 0 Å². The second-order valence-corrected chi connectivity index (χ2v) is 5.88. The number of methoxy groups -OCH3 is 1. The van der Waals surface area contributed by atoms with Crippen LogP contribution in [0.3, 0.4) is 0 Å². The van der Waals surface area contributed by atoms with Crippen molar-refractivity contribution in [2.45, 2.75) is 25.8 Å². The molecular formula is C17H20N4O3. The highest BCUT2D eigenvalue weighted by Gasteiger charge is 2.31. The summed E-state index contributed by atoms with van der Waals surface area (Å²) >= 11 is 0. The summed E-state index contributed by atoms with van der Waals surface area (Å²) in [6.07, 6.45) is 0.121. The molecular weight excluding hydrogens is 308 g/mol. The van der Waals surface area contributed by atoms with Crippen LogP contribution in [0.5, 0.6) is 5.75 Å². The van der Waals surface area contributed by atoms with Gasteiger partial charge in [0.15, 0.2) is 0 Å². The Morgan fingerprint density at radius 3 is 2.92 bits per heavy atom. The molecule has 7 nitrogen and oxygen atoms in total.